The van der Waals surface area contributed by atoms with Crippen molar-refractivity contribution < 1.29 is 31.5 Å². The number of carboxylic acids is 1. The molecule has 106 valence electrons. The van der Waals surface area contributed by atoms with Gasteiger partial charge in [0.15, 0.2) is 21.5 Å². The molecule has 0 radical (unpaired) electrons. The number of carboxylic acid groups (broad SMARTS) is 1. The molecular weight excluding hydrogens is 294 g/mol. The molecule has 20 heavy (non-hydrogen) atoms. The molecule has 5 nitrogen and oxygen atoms in total. The van der Waals surface area contributed by atoms with Crippen molar-refractivity contribution in [2.24, 2.45) is 0 Å². The van der Waals surface area contributed by atoms with Gasteiger partial charge < -0.3 is 9.52 Å². The first kappa shape index (κ1) is 14.2. The zero-order chi connectivity index (χ0) is 14.9. The second-order valence-corrected chi connectivity index (χ2v) is 5.90. The first-order chi connectivity index (χ1) is 9.29. The molecular formula is C12H8F2O5S. The van der Waals surface area contributed by atoms with Crippen LogP contribution in [0.15, 0.2) is 39.6 Å². The fourth-order valence-corrected chi connectivity index (χ4v) is 2.77. The molecule has 0 aliphatic rings. The number of benzene rings is 1. The van der Waals surface area contributed by atoms with E-state index in [2.05, 4.69) is 0 Å². The highest BCUT2D eigenvalue weighted by Gasteiger charge is 2.20. The Bertz CT molecular complexity index is 764. The molecule has 0 unspecified atom stereocenters. The highest BCUT2D eigenvalue weighted by atomic mass is 32.2. The maximum absolute atomic E-state index is 13.0. The summed E-state index contributed by atoms with van der Waals surface area (Å²) in [6.45, 7) is 0. The molecule has 0 aliphatic carbocycles. The maximum Gasteiger partial charge on any atom is 0.371 e. The lowest BCUT2D eigenvalue weighted by molar-refractivity contribution is 0.0660. The van der Waals surface area contributed by atoms with Crippen LogP contribution in [0.5, 0.6) is 0 Å². The van der Waals surface area contributed by atoms with Crippen LogP contribution < -0.4 is 0 Å². The second kappa shape index (κ2) is 5.04. The molecule has 0 aliphatic heterocycles. The smallest absolute Gasteiger partial charge is 0.371 e. The summed E-state index contributed by atoms with van der Waals surface area (Å²) >= 11 is 0. The van der Waals surface area contributed by atoms with Crippen molar-refractivity contribution in [3.63, 3.8) is 0 Å². The zero-order valence-electron chi connectivity index (χ0n) is 9.84. The van der Waals surface area contributed by atoms with E-state index in [1.807, 2.05) is 0 Å². The quantitative estimate of drug-likeness (QED) is 0.875. The zero-order valence-corrected chi connectivity index (χ0v) is 10.7. The van der Waals surface area contributed by atoms with Crippen LogP contribution in [0.4, 0.5) is 8.78 Å². The summed E-state index contributed by atoms with van der Waals surface area (Å²) in [5, 5.41) is 8.65. The molecule has 1 heterocycles. The molecule has 1 N–H and O–H groups in total. The van der Waals surface area contributed by atoms with Crippen molar-refractivity contribution in [3.05, 3.63) is 53.5 Å². The lowest BCUT2D eigenvalue weighted by Crippen LogP contribution is -2.05. The van der Waals surface area contributed by atoms with Crippen LogP contribution in [0.2, 0.25) is 0 Å². The molecule has 0 saturated heterocycles. The van der Waals surface area contributed by atoms with E-state index < -0.39 is 43.8 Å². The van der Waals surface area contributed by atoms with Crippen molar-refractivity contribution in [3.8, 4) is 0 Å². The average Bonchev–Trinajstić information content (AvgIpc) is 2.80. The Morgan fingerprint density at radius 2 is 1.85 bits per heavy atom. The lowest BCUT2D eigenvalue weighted by atomic mass is 10.3. The van der Waals surface area contributed by atoms with Gasteiger partial charge in [-0.2, -0.15) is 0 Å². The normalized spacial score (nSPS) is 11.5. The van der Waals surface area contributed by atoms with Crippen LogP contribution in [-0.4, -0.2) is 19.5 Å². The highest BCUT2D eigenvalue weighted by molar-refractivity contribution is 7.90. The van der Waals surface area contributed by atoms with Gasteiger partial charge >= 0.3 is 5.97 Å². The van der Waals surface area contributed by atoms with Crippen molar-refractivity contribution >= 4 is 15.8 Å². The Kier molecular flexibility index (Phi) is 3.58. The molecule has 2 rings (SSSR count). The average molecular weight is 302 g/mol. The Morgan fingerprint density at radius 1 is 1.15 bits per heavy atom. The molecule has 2 aromatic rings. The molecule has 0 spiro atoms. The van der Waals surface area contributed by atoms with Gasteiger partial charge in [0.1, 0.15) is 11.5 Å². The van der Waals surface area contributed by atoms with Gasteiger partial charge in [-0.05, 0) is 30.3 Å². The van der Waals surface area contributed by atoms with Gasteiger partial charge in [-0.25, -0.2) is 22.0 Å². The molecule has 0 bridgehead atoms. The van der Waals surface area contributed by atoms with E-state index in [9.17, 15) is 22.0 Å². The third-order valence-electron chi connectivity index (χ3n) is 2.45. The van der Waals surface area contributed by atoms with Crippen LogP contribution in [0, 0.1) is 11.6 Å². The summed E-state index contributed by atoms with van der Waals surface area (Å²) in [6, 6.07) is 4.49. The summed E-state index contributed by atoms with van der Waals surface area (Å²) < 4.78 is 54.5. The Labute approximate surface area is 112 Å². The summed E-state index contributed by atoms with van der Waals surface area (Å²) in [6.07, 6.45) is 0. The number of hydrogen-bond donors (Lipinski definition) is 1. The van der Waals surface area contributed by atoms with Gasteiger partial charge in [0, 0.05) is 0 Å². The van der Waals surface area contributed by atoms with Crippen LogP contribution in [0.3, 0.4) is 0 Å². The highest BCUT2D eigenvalue weighted by Crippen LogP contribution is 2.20. The van der Waals surface area contributed by atoms with Gasteiger partial charge in [0.25, 0.3) is 0 Å². The number of aromatic carboxylic acids is 1. The van der Waals surface area contributed by atoms with E-state index in [1.54, 1.807) is 0 Å². The molecule has 0 saturated carbocycles. The van der Waals surface area contributed by atoms with Gasteiger partial charge in [-0.3, -0.25) is 0 Å². The molecule has 1 aromatic carbocycles. The first-order valence-electron chi connectivity index (χ1n) is 5.29. The number of halogens is 2. The Hall–Kier alpha value is -2.22. The van der Waals surface area contributed by atoms with Crippen LogP contribution in [0.25, 0.3) is 0 Å². The van der Waals surface area contributed by atoms with Crippen molar-refractivity contribution in [2.75, 3.05) is 0 Å². The minimum atomic E-state index is -3.96. The number of furan rings is 1. The second-order valence-electron chi connectivity index (χ2n) is 3.91. The first-order valence-corrected chi connectivity index (χ1v) is 6.94. The summed E-state index contributed by atoms with van der Waals surface area (Å²) in [5.41, 5.74) is 0. The van der Waals surface area contributed by atoms with Crippen molar-refractivity contribution in [1.82, 2.24) is 0 Å². The lowest BCUT2D eigenvalue weighted by Gasteiger charge is -2.03. The fourth-order valence-electron chi connectivity index (χ4n) is 1.51. The summed E-state index contributed by atoms with van der Waals surface area (Å²) in [4.78, 5) is 10.2. The third kappa shape index (κ3) is 2.85. The van der Waals surface area contributed by atoms with Gasteiger partial charge in [-0.1, -0.05) is 0 Å². The molecule has 8 heteroatoms. The number of carbonyl (C=O) groups is 1. The van der Waals surface area contributed by atoms with Crippen molar-refractivity contribution in [1.29, 1.82) is 0 Å². The van der Waals surface area contributed by atoms with Crippen LogP contribution >= 0.6 is 0 Å². The van der Waals surface area contributed by atoms with E-state index in [0.717, 1.165) is 12.1 Å². The fraction of sp³-hybridized carbons (Fsp3) is 0.0833. The van der Waals surface area contributed by atoms with Gasteiger partial charge in [0.05, 0.1) is 4.90 Å². The predicted octanol–water partition coefficient (Wildman–Crippen LogP) is 2.23. The number of sulfone groups is 1. The number of rotatable bonds is 4. The minimum Gasteiger partial charge on any atom is -0.475 e. The monoisotopic (exact) mass is 302 g/mol. The van der Waals surface area contributed by atoms with E-state index in [1.165, 1.54) is 6.07 Å². The molecule has 0 fully saturated rings. The van der Waals surface area contributed by atoms with Crippen LogP contribution in [0.1, 0.15) is 16.3 Å². The van der Waals surface area contributed by atoms with E-state index in [-0.39, 0.29) is 5.76 Å². The van der Waals surface area contributed by atoms with Gasteiger partial charge in [-0.15, -0.1) is 0 Å². The third-order valence-corrected chi connectivity index (χ3v) is 4.09. The SMILES string of the molecule is O=C(O)c1ccc(CS(=O)(=O)c2ccc(F)c(F)c2)o1. The number of hydrogen-bond acceptors (Lipinski definition) is 4. The van der Waals surface area contributed by atoms with E-state index in [4.69, 9.17) is 9.52 Å². The summed E-state index contributed by atoms with van der Waals surface area (Å²) in [7, 11) is -3.96. The molecule has 1 aromatic heterocycles. The Balaban J connectivity index is 2.30. The van der Waals surface area contributed by atoms with Crippen LogP contribution in [-0.2, 0) is 15.6 Å². The van der Waals surface area contributed by atoms with Crippen molar-refractivity contribution in [2.45, 2.75) is 10.6 Å². The van der Waals surface area contributed by atoms with E-state index >= 15 is 0 Å². The topological polar surface area (TPSA) is 84.6 Å². The van der Waals surface area contributed by atoms with E-state index in [0.29, 0.717) is 12.1 Å². The predicted molar refractivity (Wildman–Crippen MR) is 62.9 cm³/mol. The maximum atomic E-state index is 13.0. The standard InChI is InChI=1S/C12H8F2O5S/c13-9-3-2-8(5-10(9)14)20(17,18)6-7-1-4-11(19-7)12(15)16/h1-5H,6H2,(H,15,16). The minimum absolute atomic E-state index is 0.105. The Morgan fingerprint density at radius 3 is 2.40 bits per heavy atom. The molecule has 0 amide bonds. The molecule has 0 atom stereocenters. The largest absolute Gasteiger partial charge is 0.475 e. The summed E-state index contributed by atoms with van der Waals surface area (Å²) in [5.74, 6) is -4.92. The van der Waals surface area contributed by atoms with Gasteiger partial charge in [0.2, 0.25) is 5.76 Å².